The summed E-state index contributed by atoms with van der Waals surface area (Å²) < 4.78 is 0. The third-order valence-corrected chi connectivity index (χ3v) is 6.57. The van der Waals surface area contributed by atoms with Crippen LogP contribution in [0.4, 0.5) is 0 Å². The zero-order chi connectivity index (χ0) is 31.2. The molecule has 5 N–H and O–H groups in total. The number of carbonyl (C=O) groups is 5. The van der Waals surface area contributed by atoms with Crippen LogP contribution in [0.1, 0.15) is 27.7 Å². The van der Waals surface area contributed by atoms with E-state index < -0.39 is 31.0 Å². The number of carbonyl (C=O) groups excluding carboxylic acids is 2. The summed E-state index contributed by atoms with van der Waals surface area (Å²) in [4.78, 5) is 67.7. The van der Waals surface area contributed by atoms with Gasteiger partial charge in [0, 0.05) is 52.4 Å². The monoisotopic (exact) mass is 589 g/mol. The number of aliphatic carboxylic acids is 3. The van der Waals surface area contributed by atoms with Crippen molar-refractivity contribution in [3.63, 3.8) is 0 Å². The van der Waals surface area contributed by atoms with Crippen LogP contribution in [-0.4, -0.2) is 181 Å². The Kier molecular flexibility index (Phi) is 21.2. The summed E-state index contributed by atoms with van der Waals surface area (Å²) in [6.07, 6.45) is 0. The Hall–Kier alpha value is -2.85. The zero-order valence-electron chi connectivity index (χ0n) is 25.1. The standard InChI is InChI=1S/C26H51N7O8/c1-5-29(6-2)11-9-27-22(34)17-32(20-25(38)39)15-13-31(19-24(36)37)14-16-33(21-26(40)41)18-23(35)28-10-12-30(7-3)8-4/h5-21H2,1-4H3,(H,27,34)(H,28,35)(H,36,37)(H,38,39)(H,40,41). The van der Waals surface area contributed by atoms with E-state index in [9.17, 15) is 39.3 Å². The van der Waals surface area contributed by atoms with Gasteiger partial charge in [-0.15, -0.1) is 0 Å². The van der Waals surface area contributed by atoms with E-state index in [2.05, 4.69) is 20.4 Å². The van der Waals surface area contributed by atoms with Gasteiger partial charge in [0.1, 0.15) is 0 Å². The molecule has 0 aromatic heterocycles. The molecule has 0 atom stereocenters. The van der Waals surface area contributed by atoms with E-state index in [1.807, 2.05) is 27.7 Å². The number of nitrogens with zero attached hydrogens (tertiary/aromatic N) is 5. The number of hydrogen-bond acceptors (Lipinski definition) is 10. The number of amides is 2. The van der Waals surface area contributed by atoms with E-state index in [1.54, 1.807) is 0 Å². The third-order valence-electron chi connectivity index (χ3n) is 6.57. The molecule has 0 aliphatic heterocycles. The van der Waals surface area contributed by atoms with E-state index in [4.69, 9.17) is 0 Å². The van der Waals surface area contributed by atoms with Crippen LogP contribution in [0.5, 0.6) is 0 Å². The lowest BCUT2D eigenvalue weighted by Crippen LogP contribution is -2.48. The summed E-state index contributed by atoms with van der Waals surface area (Å²) in [5.74, 6) is -4.01. The van der Waals surface area contributed by atoms with Crippen molar-refractivity contribution in [3.8, 4) is 0 Å². The van der Waals surface area contributed by atoms with Crippen LogP contribution in [0.2, 0.25) is 0 Å². The van der Waals surface area contributed by atoms with E-state index in [0.717, 1.165) is 26.2 Å². The number of hydrogen-bond donors (Lipinski definition) is 5. The summed E-state index contributed by atoms with van der Waals surface area (Å²) in [6.45, 7) is 12.7. The first kappa shape index (κ1) is 38.1. The average Bonchev–Trinajstić information content (AvgIpc) is 2.89. The molecule has 15 heteroatoms. The van der Waals surface area contributed by atoms with Gasteiger partial charge in [0.15, 0.2) is 0 Å². The summed E-state index contributed by atoms with van der Waals surface area (Å²) >= 11 is 0. The van der Waals surface area contributed by atoms with Crippen LogP contribution < -0.4 is 10.6 Å². The summed E-state index contributed by atoms with van der Waals surface area (Å²) in [7, 11) is 0. The number of carboxylic acids is 3. The molecule has 0 radical (unpaired) electrons. The van der Waals surface area contributed by atoms with Crippen LogP contribution >= 0.6 is 0 Å². The van der Waals surface area contributed by atoms with Crippen molar-refractivity contribution in [1.82, 2.24) is 35.1 Å². The molecule has 2 amide bonds. The normalized spacial score (nSPS) is 11.5. The van der Waals surface area contributed by atoms with Crippen molar-refractivity contribution in [1.29, 1.82) is 0 Å². The first-order valence-corrected chi connectivity index (χ1v) is 14.2. The van der Waals surface area contributed by atoms with E-state index in [1.165, 1.54) is 14.7 Å². The topological polar surface area (TPSA) is 186 Å². The minimum atomic E-state index is -1.12. The maximum absolute atomic E-state index is 12.4. The first-order valence-electron chi connectivity index (χ1n) is 14.2. The molecule has 0 bridgehead atoms. The lowest BCUT2D eigenvalue weighted by atomic mass is 10.3. The van der Waals surface area contributed by atoms with Crippen LogP contribution in [0.15, 0.2) is 0 Å². The predicted octanol–water partition coefficient (Wildman–Crippen LogP) is -1.94. The molecule has 0 aliphatic carbocycles. The van der Waals surface area contributed by atoms with Gasteiger partial charge in [0.25, 0.3) is 0 Å². The molecule has 0 saturated heterocycles. The van der Waals surface area contributed by atoms with Gasteiger partial charge in [-0.05, 0) is 26.2 Å². The molecule has 0 saturated carbocycles. The second-order valence-corrected chi connectivity index (χ2v) is 9.63. The SMILES string of the molecule is CCN(CC)CCNC(=O)CN(CCN(CCN(CC(=O)O)CC(=O)NCCN(CC)CC)CC(=O)O)CC(=O)O. The van der Waals surface area contributed by atoms with Crippen LogP contribution in [-0.2, 0) is 24.0 Å². The van der Waals surface area contributed by atoms with Gasteiger partial charge in [-0.2, -0.15) is 0 Å². The fourth-order valence-electron chi connectivity index (χ4n) is 4.14. The Morgan fingerprint density at radius 1 is 0.439 bits per heavy atom. The van der Waals surface area contributed by atoms with Crippen molar-refractivity contribution in [2.45, 2.75) is 27.7 Å². The number of likely N-dealkylation sites (N-methyl/N-ethyl adjacent to an activating group) is 2. The van der Waals surface area contributed by atoms with Gasteiger partial charge in [-0.1, -0.05) is 27.7 Å². The van der Waals surface area contributed by atoms with Crippen LogP contribution in [0, 0.1) is 0 Å². The summed E-state index contributed by atoms with van der Waals surface area (Å²) in [6, 6.07) is 0. The summed E-state index contributed by atoms with van der Waals surface area (Å²) in [5.41, 5.74) is 0. The summed E-state index contributed by atoms with van der Waals surface area (Å²) in [5, 5.41) is 33.5. The quantitative estimate of drug-likeness (QED) is 0.0751. The van der Waals surface area contributed by atoms with Crippen LogP contribution in [0.3, 0.4) is 0 Å². The number of nitrogens with one attached hydrogen (secondary N) is 2. The largest absolute Gasteiger partial charge is 0.480 e. The highest BCUT2D eigenvalue weighted by molar-refractivity contribution is 5.79. The Bertz CT molecular complexity index is 738. The number of carboxylic acid groups (broad SMARTS) is 3. The fourth-order valence-corrected chi connectivity index (χ4v) is 4.14. The second kappa shape index (κ2) is 22.8. The zero-order valence-corrected chi connectivity index (χ0v) is 25.1. The van der Waals surface area contributed by atoms with Crippen molar-refractivity contribution >= 4 is 29.7 Å². The molecule has 41 heavy (non-hydrogen) atoms. The lowest BCUT2D eigenvalue weighted by Gasteiger charge is -2.28. The van der Waals surface area contributed by atoms with Crippen LogP contribution in [0.25, 0.3) is 0 Å². The maximum Gasteiger partial charge on any atom is 0.317 e. The molecular weight excluding hydrogens is 538 g/mol. The first-order chi connectivity index (χ1) is 19.4. The minimum Gasteiger partial charge on any atom is -0.480 e. The Morgan fingerprint density at radius 2 is 0.732 bits per heavy atom. The van der Waals surface area contributed by atoms with Gasteiger partial charge < -0.3 is 35.8 Å². The van der Waals surface area contributed by atoms with Gasteiger partial charge in [0.05, 0.1) is 32.7 Å². The van der Waals surface area contributed by atoms with E-state index >= 15 is 0 Å². The molecular formula is C26H51N7O8. The second-order valence-electron chi connectivity index (χ2n) is 9.63. The van der Waals surface area contributed by atoms with E-state index in [-0.39, 0.29) is 57.6 Å². The molecule has 0 aromatic carbocycles. The Balaban J connectivity index is 5.06. The molecule has 0 spiro atoms. The highest BCUT2D eigenvalue weighted by Crippen LogP contribution is 1.98. The van der Waals surface area contributed by atoms with Gasteiger partial charge in [-0.3, -0.25) is 38.7 Å². The molecule has 0 heterocycles. The Labute approximate surface area is 243 Å². The van der Waals surface area contributed by atoms with Crippen molar-refractivity contribution < 1.29 is 39.3 Å². The van der Waals surface area contributed by atoms with Gasteiger partial charge in [-0.25, -0.2) is 0 Å². The molecule has 0 rings (SSSR count). The number of rotatable bonds is 26. The molecule has 0 unspecified atom stereocenters. The lowest BCUT2D eigenvalue weighted by molar-refractivity contribution is -0.141. The highest BCUT2D eigenvalue weighted by atomic mass is 16.4. The Morgan fingerprint density at radius 3 is 1.02 bits per heavy atom. The molecule has 15 nitrogen and oxygen atoms in total. The molecule has 0 aliphatic rings. The molecule has 238 valence electrons. The average molecular weight is 590 g/mol. The fraction of sp³-hybridized carbons (Fsp3) is 0.808. The van der Waals surface area contributed by atoms with E-state index in [0.29, 0.717) is 26.2 Å². The highest BCUT2D eigenvalue weighted by Gasteiger charge is 2.20. The predicted molar refractivity (Wildman–Crippen MR) is 154 cm³/mol. The minimum absolute atomic E-state index is 0.105. The maximum atomic E-state index is 12.4. The molecule has 0 fully saturated rings. The van der Waals surface area contributed by atoms with Gasteiger partial charge >= 0.3 is 17.9 Å². The smallest absolute Gasteiger partial charge is 0.317 e. The van der Waals surface area contributed by atoms with Crippen molar-refractivity contribution in [3.05, 3.63) is 0 Å². The molecule has 0 aromatic rings. The van der Waals surface area contributed by atoms with Crippen molar-refractivity contribution in [2.24, 2.45) is 0 Å². The van der Waals surface area contributed by atoms with Crippen molar-refractivity contribution in [2.75, 3.05) is 111 Å². The van der Waals surface area contributed by atoms with Gasteiger partial charge in [0.2, 0.25) is 11.8 Å². The third kappa shape index (κ3) is 20.6.